The Morgan fingerprint density at radius 1 is 1.11 bits per heavy atom. The van der Waals surface area contributed by atoms with E-state index in [-0.39, 0.29) is 0 Å². The Morgan fingerprint density at radius 2 is 1.86 bits per heavy atom. The Hall–Kier alpha value is -1.85. The lowest BCUT2D eigenvalue weighted by Crippen LogP contribution is -2.37. The molecule has 0 saturated carbocycles. The number of anilines is 1. The molecule has 0 bridgehead atoms. The lowest BCUT2D eigenvalue weighted by Gasteiger charge is -2.27. The van der Waals surface area contributed by atoms with Gasteiger partial charge < -0.3 is 19.5 Å². The van der Waals surface area contributed by atoms with Crippen molar-refractivity contribution in [2.24, 2.45) is 0 Å². The van der Waals surface area contributed by atoms with Crippen molar-refractivity contribution in [3.63, 3.8) is 0 Å². The molecule has 152 valence electrons. The summed E-state index contributed by atoms with van der Waals surface area (Å²) in [5.41, 5.74) is 2.38. The normalized spacial score (nSPS) is 15.2. The van der Waals surface area contributed by atoms with E-state index >= 15 is 0 Å². The maximum absolute atomic E-state index is 5.74. The number of hydrogen-bond acceptors (Lipinski definition) is 3. The van der Waals surface area contributed by atoms with Crippen LogP contribution < -0.4 is 5.32 Å². The zero-order valence-electron chi connectivity index (χ0n) is 17.0. The largest absolute Gasteiger partial charge is 0.467 e. The molecule has 28 heavy (non-hydrogen) atoms. The number of thiocarbonyl (C=S) groups is 1. The average Bonchev–Trinajstić information content (AvgIpc) is 3.09. The standard InChI is InChI=1S/C23H33N3OS/c1-2-20-10-12-21(13-11-20)24-23(28)26(19-22-9-7-18-27-22)17-8-16-25-14-5-3-4-6-15-25/h7,9-13,18H,2-6,8,14-17,19H2,1H3,(H,24,28). The molecule has 2 aromatic rings. The molecule has 0 amide bonds. The summed E-state index contributed by atoms with van der Waals surface area (Å²) >= 11 is 5.74. The highest BCUT2D eigenvalue weighted by atomic mass is 32.1. The molecule has 2 heterocycles. The fourth-order valence-corrected chi connectivity index (χ4v) is 3.99. The first-order valence-corrected chi connectivity index (χ1v) is 11.0. The molecule has 1 saturated heterocycles. The van der Waals surface area contributed by atoms with E-state index in [1.165, 1.54) is 44.3 Å². The Kier molecular flexibility index (Phi) is 8.37. The second kappa shape index (κ2) is 11.2. The van der Waals surface area contributed by atoms with Crippen LogP contribution in [0.3, 0.4) is 0 Å². The van der Waals surface area contributed by atoms with Crippen molar-refractivity contribution < 1.29 is 4.42 Å². The van der Waals surface area contributed by atoms with Crippen LogP contribution in [-0.4, -0.2) is 41.1 Å². The fraction of sp³-hybridized carbons (Fsp3) is 0.522. The summed E-state index contributed by atoms with van der Waals surface area (Å²) in [6.45, 7) is 7.42. The summed E-state index contributed by atoms with van der Waals surface area (Å²) < 4.78 is 5.57. The zero-order chi connectivity index (χ0) is 19.6. The smallest absolute Gasteiger partial charge is 0.173 e. The van der Waals surface area contributed by atoms with Crippen molar-refractivity contribution in [1.82, 2.24) is 9.80 Å². The molecule has 1 aromatic carbocycles. The number of benzene rings is 1. The highest BCUT2D eigenvalue weighted by Gasteiger charge is 2.14. The summed E-state index contributed by atoms with van der Waals surface area (Å²) in [7, 11) is 0. The van der Waals surface area contributed by atoms with Crippen LogP contribution in [0.2, 0.25) is 0 Å². The summed E-state index contributed by atoms with van der Waals surface area (Å²) in [5.74, 6) is 0.945. The number of nitrogens with one attached hydrogen (secondary N) is 1. The van der Waals surface area contributed by atoms with E-state index in [4.69, 9.17) is 16.6 Å². The van der Waals surface area contributed by atoms with Gasteiger partial charge in [-0.3, -0.25) is 0 Å². The molecule has 1 aliphatic heterocycles. The first kappa shape index (κ1) is 20.9. The lowest BCUT2D eigenvalue weighted by atomic mass is 10.1. The Bertz CT molecular complexity index is 691. The quantitative estimate of drug-likeness (QED) is 0.608. The monoisotopic (exact) mass is 399 g/mol. The summed E-state index contributed by atoms with van der Waals surface area (Å²) in [6.07, 6.45) is 9.32. The zero-order valence-corrected chi connectivity index (χ0v) is 17.8. The summed E-state index contributed by atoms with van der Waals surface area (Å²) in [5, 5.41) is 4.17. The van der Waals surface area contributed by atoms with Gasteiger partial charge in [0.1, 0.15) is 5.76 Å². The Balaban J connectivity index is 1.56. The molecule has 0 radical (unpaired) electrons. The van der Waals surface area contributed by atoms with Crippen LogP contribution >= 0.6 is 12.2 Å². The van der Waals surface area contributed by atoms with Gasteiger partial charge in [-0.05, 0) is 87.4 Å². The van der Waals surface area contributed by atoms with Crippen molar-refractivity contribution in [3.8, 4) is 0 Å². The number of hydrogen-bond donors (Lipinski definition) is 1. The summed E-state index contributed by atoms with van der Waals surface area (Å²) in [6, 6.07) is 12.5. The molecule has 4 nitrogen and oxygen atoms in total. The second-order valence-corrected chi connectivity index (χ2v) is 7.98. The number of aryl methyl sites for hydroxylation is 1. The SMILES string of the molecule is CCc1ccc(NC(=S)N(CCCN2CCCCCC2)Cc2ccco2)cc1. The molecule has 1 aliphatic rings. The maximum Gasteiger partial charge on any atom is 0.173 e. The number of likely N-dealkylation sites (tertiary alicyclic amines) is 1. The van der Waals surface area contributed by atoms with Gasteiger partial charge in [0.05, 0.1) is 12.8 Å². The molecular weight excluding hydrogens is 366 g/mol. The van der Waals surface area contributed by atoms with Crippen molar-refractivity contribution in [2.45, 2.75) is 52.0 Å². The molecule has 0 spiro atoms. The van der Waals surface area contributed by atoms with Gasteiger partial charge in [-0.2, -0.15) is 0 Å². The minimum absolute atomic E-state index is 0.700. The van der Waals surface area contributed by atoms with Gasteiger partial charge in [0.15, 0.2) is 5.11 Å². The lowest BCUT2D eigenvalue weighted by molar-refractivity contribution is 0.262. The average molecular weight is 400 g/mol. The Morgan fingerprint density at radius 3 is 2.50 bits per heavy atom. The van der Waals surface area contributed by atoms with Crippen LogP contribution in [-0.2, 0) is 13.0 Å². The molecule has 0 unspecified atom stereocenters. The van der Waals surface area contributed by atoms with Crippen LogP contribution in [0.5, 0.6) is 0 Å². The first-order chi connectivity index (χ1) is 13.7. The summed E-state index contributed by atoms with van der Waals surface area (Å²) in [4.78, 5) is 4.83. The third-order valence-electron chi connectivity index (χ3n) is 5.43. The highest BCUT2D eigenvalue weighted by Crippen LogP contribution is 2.14. The predicted octanol–water partition coefficient (Wildman–Crippen LogP) is 5.31. The van der Waals surface area contributed by atoms with Crippen molar-refractivity contribution >= 4 is 23.0 Å². The van der Waals surface area contributed by atoms with Gasteiger partial charge in [0.2, 0.25) is 0 Å². The molecule has 3 rings (SSSR count). The molecule has 1 fully saturated rings. The molecule has 0 atom stereocenters. The van der Waals surface area contributed by atoms with E-state index in [1.54, 1.807) is 6.26 Å². The molecule has 0 aliphatic carbocycles. The van der Waals surface area contributed by atoms with E-state index < -0.39 is 0 Å². The number of nitrogens with zero attached hydrogens (tertiary/aromatic N) is 2. The van der Waals surface area contributed by atoms with Gasteiger partial charge in [-0.15, -0.1) is 0 Å². The van der Waals surface area contributed by atoms with E-state index in [0.29, 0.717) is 6.54 Å². The number of rotatable bonds is 8. The van der Waals surface area contributed by atoms with Gasteiger partial charge in [0, 0.05) is 12.2 Å². The highest BCUT2D eigenvalue weighted by molar-refractivity contribution is 7.80. The Labute approximate surface area is 174 Å². The first-order valence-electron chi connectivity index (χ1n) is 10.6. The number of furan rings is 1. The third kappa shape index (κ3) is 6.64. The van der Waals surface area contributed by atoms with Crippen LogP contribution in [0, 0.1) is 0 Å². The molecule has 1 N–H and O–H groups in total. The minimum Gasteiger partial charge on any atom is -0.467 e. The van der Waals surface area contributed by atoms with Gasteiger partial charge in [-0.25, -0.2) is 0 Å². The van der Waals surface area contributed by atoms with Crippen molar-refractivity contribution in [1.29, 1.82) is 0 Å². The van der Waals surface area contributed by atoms with E-state index in [0.717, 1.165) is 42.5 Å². The maximum atomic E-state index is 5.74. The van der Waals surface area contributed by atoms with Crippen LogP contribution in [0.25, 0.3) is 0 Å². The fourth-order valence-electron chi connectivity index (χ4n) is 3.71. The minimum atomic E-state index is 0.700. The van der Waals surface area contributed by atoms with Crippen molar-refractivity contribution in [2.75, 3.05) is 31.5 Å². The topological polar surface area (TPSA) is 31.6 Å². The van der Waals surface area contributed by atoms with Gasteiger partial charge in [-0.1, -0.05) is 31.9 Å². The van der Waals surface area contributed by atoms with Gasteiger partial charge in [0.25, 0.3) is 0 Å². The third-order valence-corrected chi connectivity index (χ3v) is 5.79. The van der Waals surface area contributed by atoms with E-state index in [9.17, 15) is 0 Å². The van der Waals surface area contributed by atoms with Crippen LogP contribution in [0.4, 0.5) is 5.69 Å². The van der Waals surface area contributed by atoms with Crippen molar-refractivity contribution in [3.05, 3.63) is 54.0 Å². The van der Waals surface area contributed by atoms with Crippen LogP contribution in [0.15, 0.2) is 47.1 Å². The predicted molar refractivity (Wildman–Crippen MR) is 121 cm³/mol. The molecule has 1 aromatic heterocycles. The molecular formula is C23H33N3OS. The van der Waals surface area contributed by atoms with Gasteiger partial charge >= 0.3 is 0 Å². The van der Waals surface area contributed by atoms with E-state index in [2.05, 4.69) is 46.3 Å². The molecule has 5 heteroatoms. The van der Waals surface area contributed by atoms with E-state index in [1.807, 2.05) is 12.1 Å². The van der Waals surface area contributed by atoms with Crippen LogP contribution in [0.1, 0.15) is 50.4 Å². The second-order valence-electron chi connectivity index (χ2n) is 7.59.